The molecule has 2 fully saturated rings. The Morgan fingerprint density at radius 3 is 2.57 bits per heavy atom. The summed E-state index contributed by atoms with van der Waals surface area (Å²) in [6.45, 7) is 7.94. The lowest BCUT2D eigenvalue weighted by Crippen LogP contribution is -2.74. The van der Waals surface area contributed by atoms with Crippen LogP contribution in [-0.2, 0) is 19.0 Å². The fraction of sp³-hybridized carbons (Fsp3) is 0.875. The minimum atomic E-state index is -0.543. The van der Waals surface area contributed by atoms with Gasteiger partial charge in [-0.1, -0.05) is 0 Å². The maximum atomic E-state index is 12.1. The highest BCUT2D eigenvalue weighted by atomic mass is 16.6. The molecule has 0 radical (unpaired) electrons. The normalized spacial score (nSPS) is 31.3. The number of esters is 1. The monoisotopic (exact) mass is 328 g/mol. The van der Waals surface area contributed by atoms with Gasteiger partial charge < -0.3 is 19.5 Å². The van der Waals surface area contributed by atoms with Gasteiger partial charge in [-0.05, 0) is 40.5 Å². The second-order valence-corrected chi connectivity index (χ2v) is 7.25. The van der Waals surface area contributed by atoms with Crippen LogP contribution in [0.4, 0.5) is 4.79 Å². The molecule has 1 heterocycles. The van der Waals surface area contributed by atoms with Gasteiger partial charge in [-0.2, -0.15) is 0 Å². The number of carbonyl (C=O) groups excluding carboxylic acids is 2. The van der Waals surface area contributed by atoms with Crippen LogP contribution in [0.25, 0.3) is 0 Å². The predicted octanol–water partition coefficient (Wildman–Crippen LogP) is 1.21. The van der Waals surface area contributed by atoms with E-state index in [2.05, 4.69) is 10.6 Å². The third-order valence-corrected chi connectivity index (χ3v) is 4.30. The SMILES string of the molecule is COC(=O)C(C)NC1C(NC(=O)OC(C)(C)C)C2CCCOC21. The van der Waals surface area contributed by atoms with Crippen molar-refractivity contribution in [2.45, 2.75) is 70.4 Å². The molecule has 7 nitrogen and oxygen atoms in total. The van der Waals surface area contributed by atoms with E-state index in [1.165, 1.54) is 7.11 Å². The fourth-order valence-corrected chi connectivity index (χ4v) is 3.28. The molecule has 1 aliphatic carbocycles. The molecule has 132 valence electrons. The van der Waals surface area contributed by atoms with E-state index >= 15 is 0 Å². The van der Waals surface area contributed by atoms with Gasteiger partial charge in [0, 0.05) is 12.5 Å². The minimum absolute atomic E-state index is 0.00999. The number of fused-ring (bicyclic) bond motifs is 1. The third kappa shape index (κ3) is 4.35. The van der Waals surface area contributed by atoms with E-state index in [1.54, 1.807) is 6.92 Å². The third-order valence-electron chi connectivity index (χ3n) is 4.30. The zero-order valence-corrected chi connectivity index (χ0v) is 14.5. The molecule has 1 saturated heterocycles. The Bertz CT molecular complexity index is 448. The molecule has 0 spiro atoms. The van der Waals surface area contributed by atoms with E-state index in [-0.39, 0.29) is 30.1 Å². The van der Waals surface area contributed by atoms with E-state index in [4.69, 9.17) is 14.2 Å². The van der Waals surface area contributed by atoms with Crippen LogP contribution in [0, 0.1) is 5.92 Å². The number of carbonyl (C=O) groups is 2. The summed E-state index contributed by atoms with van der Waals surface area (Å²) >= 11 is 0. The van der Waals surface area contributed by atoms with Crippen molar-refractivity contribution in [2.75, 3.05) is 13.7 Å². The molecule has 0 aromatic rings. The van der Waals surface area contributed by atoms with Crippen LogP contribution in [0.1, 0.15) is 40.5 Å². The molecule has 7 heteroatoms. The van der Waals surface area contributed by atoms with E-state index in [1.807, 2.05) is 20.8 Å². The molecule has 2 N–H and O–H groups in total. The molecule has 1 amide bonds. The molecule has 1 aliphatic heterocycles. The lowest BCUT2D eigenvalue weighted by molar-refractivity contribution is -0.149. The van der Waals surface area contributed by atoms with Gasteiger partial charge in [0.2, 0.25) is 0 Å². The quantitative estimate of drug-likeness (QED) is 0.755. The Hall–Kier alpha value is -1.34. The van der Waals surface area contributed by atoms with Crippen molar-refractivity contribution in [1.29, 1.82) is 0 Å². The molecule has 1 saturated carbocycles. The van der Waals surface area contributed by atoms with Crippen molar-refractivity contribution >= 4 is 12.1 Å². The Balaban J connectivity index is 1.99. The molecule has 0 aromatic heterocycles. The largest absolute Gasteiger partial charge is 0.468 e. The first-order valence-electron chi connectivity index (χ1n) is 8.18. The Morgan fingerprint density at radius 1 is 1.26 bits per heavy atom. The molecule has 5 atom stereocenters. The summed E-state index contributed by atoms with van der Waals surface area (Å²) in [5, 5.41) is 6.14. The number of alkyl carbamates (subject to hydrolysis) is 1. The van der Waals surface area contributed by atoms with Crippen molar-refractivity contribution in [3.8, 4) is 0 Å². The van der Waals surface area contributed by atoms with Crippen molar-refractivity contribution in [2.24, 2.45) is 5.92 Å². The Kier molecular flexibility index (Phi) is 5.52. The highest BCUT2D eigenvalue weighted by Gasteiger charge is 2.53. The van der Waals surface area contributed by atoms with E-state index < -0.39 is 17.7 Å². The number of hydrogen-bond acceptors (Lipinski definition) is 6. The first kappa shape index (κ1) is 18.0. The second kappa shape index (κ2) is 7.05. The zero-order chi connectivity index (χ0) is 17.2. The first-order chi connectivity index (χ1) is 10.7. The van der Waals surface area contributed by atoms with Crippen molar-refractivity contribution in [3.63, 3.8) is 0 Å². The minimum Gasteiger partial charge on any atom is -0.468 e. The number of methoxy groups -OCH3 is 1. The van der Waals surface area contributed by atoms with Gasteiger partial charge in [0.25, 0.3) is 0 Å². The average molecular weight is 328 g/mol. The number of nitrogens with one attached hydrogen (secondary N) is 2. The van der Waals surface area contributed by atoms with Crippen molar-refractivity contribution in [3.05, 3.63) is 0 Å². The molecule has 5 unspecified atom stereocenters. The van der Waals surface area contributed by atoms with E-state index in [9.17, 15) is 9.59 Å². The maximum absolute atomic E-state index is 12.1. The summed E-state index contributed by atoms with van der Waals surface area (Å²) in [6, 6.07) is -0.691. The van der Waals surface area contributed by atoms with Gasteiger partial charge in [0.1, 0.15) is 11.6 Å². The fourth-order valence-electron chi connectivity index (χ4n) is 3.28. The zero-order valence-electron chi connectivity index (χ0n) is 14.5. The van der Waals surface area contributed by atoms with Crippen LogP contribution in [0.2, 0.25) is 0 Å². The summed E-state index contributed by atoms with van der Waals surface area (Å²) in [7, 11) is 1.36. The van der Waals surface area contributed by atoms with E-state index in [0.717, 1.165) is 12.8 Å². The lowest BCUT2D eigenvalue weighted by Gasteiger charge is -2.54. The van der Waals surface area contributed by atoms with Gasteiger partial charge in [-0.25, -0.2) is 4.79 Å². The first-order valence-corrected chi connectivity index (χ1v) is 8.18. The van der Waals surface area contributed by atoms with Crippen molar-refractivity contribution in [1.82, 2.24) is 10.6 Å². The van der Waals surface area contributed by atoms with Crippen LogP contribution in [-0.4, -0.2) is 55.6 Å². The second-order valence-electron chi connectivity index (χ2n) is 7.25. The van der Waals surface area contributed by atoms with Gasteiger partial charge in [0.15, 0.2) is 0 Å². The van der Waals surface area contributed by atoms with Crippen LogP contribution in [0.15, 0.2) is 0 Å². The molecule has 0 aromatic carbocycles. The summed E-state index contributed by atoms with van der Waals surface area (Å²) in [5.41, 5.74) is -0.543. The highest BCUT2D eigenvalue weighted by molar-refractivity contribution is 5.75. The molecule has 2 aliphatic rings. The van der Waals surface area contributed by atoms with Gasteiger partial charge in [-0.15, -0.1) is 0 Å². The standard InChI is InChI=1S/C16H28N2O5/c1-9(14(19)21-5)17-12-11(10-7-6-8-22-13(10)12)18-15(20)23-16(2,3)4/h9-13,17H,6-8H2,1-5H3,(H,18,20). The summed E-state index contributed by atoms with van der Waals surface area (Å²) < 4.78 is 15.9. The number of hydrogen-bond donors (Lipinski definition) is 2. The van der Waals surface area contributed by atoms with Gasteiger partial charge in [0.05, 0.1) is 25.3 Å². The van der Waals surface area contributed by atoms with Gasteiger partial charge >= 0.3 is 12.1 Å². The van der Waals surface area contributed by atoms with Crippen LogP contribution in [0.5, 0.6) is 0 Å². The Labute approximate surface area is 137 Å². The van der Waals surface area contributed by atoms with Crippen LogP contribution >= 0.6 is 0 Å². The lowest BCUT2D eigenvalue weighted by atomic mass is 9.68. The predicted molar refractivity (Wildman–Crippen MR) is 84.0 cm³/mol. The average Bonchev–Trinajstić information content (AvgIpc) is 2.47. The summed E-state index contributed by atoms with van der Waals surface area (Å²) in [5.74, 6) is -0.0844. The number of rotatable bonds is 4. The van der Waals surface area contributed by atoms with Crippen molar-refractivity contribution < 1.29 is 23.8 Å². The maximum Gasteiger partial charge on any atom is 0.407 e. The summed E-state index contributed by atoms with van der Waals surface area (Å²) in [4.78, 5) is 23.7. The topological polar surface area (TPSA) is 85.9 Å². The molecule has 0 bridgehead atoms. The van der Waals surface area contributed by atoms with E-state index in [0.29, 0.717) is 6.61 Å². The molecular weight excluding hydrogens is 300 g/mol. The van der Waals surface area contributed by atoms with Crippen LogP contribution in [0.3, 0.4) is 0 Å². The Morgan fingerprint density at radius 2 is 1.96 bits per heavy atom. The highest BCUT2D eigenvalue weighted by Crippen LogP contribution is 2.38. The van der Waals surface area contributed by atoms with Gasteiger partial charge in [-0.3, -0.25) is 10.1 Å². The molecule has 2 rings (SSSR count). The smallest absolute Gasteiger partial charge is 0.407 e. The van der Waals surface area contributed by atoms with Crippen LogP contribution < -0.4 is 10.6 Å². The number of amides is 1. The molecular formula is C16H28N2O5. The summed E-state index contributed by atoms with van der Waals surface area (Å²) in [6.07, 6.45) is 1.54. The number of ether oxygens (including phenoxy) is 3. The molecule has 23 heavy (non-hydrogen) atoms.